The third kappa shape index (κ3) is 7.96. The number of rotatable bonds is 12. The Hall–Kier alpha value is -4.37. The largest absolute Gasteiger partial charge is 0.618 e. The number of unbranched alkanes of at least 4 members (excludes halogenated alkanes) is 1. The van der Waals surface area contributed by atoms with Gasteiger partial charge in [-0.15, -0.1) is 0 Å². The van der Waals surface area contributed by atoms with Gasteiger partial charge >= 0.3 is 0 Å². The predicted octanol–water partition coefficient (Wildman–Crippen LogP) is 6.76. The average molecular weight is 614 g/mol. The summed E-state index contributed by atoms with van der Waals surface area (Å²) in [6.45, 7) is 4.61. The van der Waals surface area contributed by atoms with Crippen molar-refractivity contribution >= 4 is 35.0 Å². The fourth-order valence-electron chi connectivity index (χ4n) is 4.91. The summed E-state index contributed by atoms with van der Waals surface area (Å²) >= 11 is 5.85. The number of ether oxygens (including phenoxy) is 2. The van der Waals surface area contributed by atoms with Crippen LogP contribution in [-0.2, 0) is 9.53 Å². The van der Waals surface area contributed by atoms with Crippen molar-refractivity contribution in [3.05, 3.63) is 118 Å². The Labute approximate surface area is 262 Å². The monoisotopic (exact) mass is 613 g/mol. The van der Waals surface area contributed by atoms with E-state index in [1.54, 1.807) is 30.3 Å². The van der Waals surface area contributed by atoms with Crippen LogP contribution in [0.1, 0.15) is 49.1 Å². The fraction of sp³-hybridized carbons (Fsp3) is 0.257. The van der Waals surface area contributed by atoms with Crippen LogP contribution < -0.4 is 20.1 Å². The van der Waals surface area contributed by atoms with Gasteiger partial charge in [-0.1, -0.05) is 55.3 Å². The molecule has 3 N–H and O–H groups in total. The molecule has 0 saturated carbocycles. The van der Waals surface area contributed by atoms with Gasteiger partial charge in [-0.2, -0.15) is 4.73 Å². The van der Waals surface area contributed by atoms with Crippen LogP contribution in [0.5, 0.6) is 5.75 Å². The van der Waals surface area contributed by atoms with Crippen LogP contribution in [0.3, 0.4) is 0 Å². The number of hydrogen-bond acceptors (Lipinski definition) is 6. The number of nitrogens with zero attached hydrogens (tertiary/aromatic N) is 1. The van der Waals surface area contributed by atoms with E-state index in [2.05, 4.69) is 29.7 Å². The van der Waals surface area contributed by atoms with Gasteiger partial charge in [0.05, 0.1) is 6.61 Å². The minimum Gasteiger partial charge on any atom is -0.618 e. The highest BCUT2D eigenvalue weighted by Crippen LogP contribution is 2.31. The number of amides is 1. The third-order valence-electron chi connectivity index (χ3n) is 7.38. The number of nitrogens with one attached hydrogen (secondary N) is 2. The molecule has 1 aliphatic heterocycles. The van der Waals surface area contributed by atoms with Crippen molar-refractivity contribution in [3.8, 4) is 16.9 Å². The lowest BCUT2D eigenvalue weighted by atomic mass is 10.0. The molecule has 44 heavy (non-hydrogen) atoms. The molecule has 0 radical (unpaired) electrons. The highest BCUT2D eigenvalue weighted by Gasteiger charge is 2.20. The van der Waals surface area contributed by atoms with E-state index < -0.39 is 6.10 Å². The highest BCUT2D eigenvalue weighted by molar-refractivity contribution is 6.30. The van der Waals surface area contributed by atoms with Crippen molar-refractivity contribution in [2.45, 2.75) is 32.3 Å². The van der Waals surface area contributed by atoms with Crippen molar-refractivity contribution in [2.75, 3.05) is 37.0 Å². The zero-order valence-corrected chi connectivity index (χ0v) is 25.3. The maximum atomic E-state index is 13.3. The number of carbonyl (C=O) groups excluding carboxylic acids is 1. The molecule has 5 rings (SSSR count). The number of fused-ring (bicyclic) bond motifs is 1. The second-order valence-corrected chi connectivity index (χ2v) is 11.0. The van der Waals surface area contributed by atoms with E-state index in [0.717, 1.165) is 47.6 Å². The quantitative estimate of drug-likeness (QED) is 0.0926. The first kappa shape index (κ1) is 31.1. The lowest BCUT2D eigenvalue weighted by Gasteiger charge is -2.13. The van der Waals surface area contributed by atoms with Crippen LogP contribution in [0.15, 0.2) is 90.6 Å². The molecule has 1 aliphatic rings. The number of aliphatic hydroxyl groups is 1. The van der Waals surface area contributed by atoms with E-state index in [-0.39, 0.29) is 16.6 Å². The number of benzene rings is 3. The molecule has 8 nitrogen and oxygen atoms in total. The predicted molar refractivity (Wildman–Crippen MR) is 174 cm³/mol. The Balaban J connectivity index is 1.23. The van der Waals surface area contributed by atoms with Gasteiger partial charge in [-0.05, 0) is 83.6 Å². The van der Waals surface area contributed by atoms with Crippen LogP contribution in [0.25, 0.3) is 17.2 Å². The van der Waals surface area contributed by atoms with Crippen molar-refractivity contribution < 1.29 is 24.1 Å². The van der Waals surface area contributed by atoms with Crippen LogP contribution >= 0.6 is 11.6 Å². The molecule has 0 aliphatic carbocycles. The lowest BCUT2D eigenvalue weighted by molar-refractivity contribution is -0.617. The molecule has 228 valence electrons. The van der Waals surface area contributed by atoms with Crippen molar-refractivity contribution in [3.63, 3.8) is 0 Å². The van der Waals surface area contributed by atoms with E-state index in [1.165, 1.54) is 12.3 Å². The van der Waals surface area contributed by atoms with E-state index >= 15 is 0 Å². The summed E-state index contributed by atoms with van der Waals surface area (Å²) in [5, 5.41) is 29.5. The standard InChI is InChI=1S/C35H36ClN3O5/c1-2-3-18-43-19-20-44-31-12-6-24(7-13-31)26-8-14-32-28(21-26)22-27(16-17-37-32)35(41)38-30-10-4-25(5-11-30)34(40)33-15-9-29(36)23-39(33)42/h4-15,21-23,34,37,40H,2-3,16-20H2,1H3,(H,38,41). The number of anilines is 2. The lowest BCUT2D eigenvalue weighted by Crippen LogP contribution is -2.33. The first-order valence-corrected chi connectivity index (χ1v) is 15.2. The molecule has 0 saturated heterocycles. The molecular formula is C35H36ClN3O5. The number of pyridine rings is 1. The topological polar surface area (TPSA) is 107 Å². The molecule has 1 unspecified atom stereocenters. The van der Waals surface area contributed by atoms with Gasteiger partial charge in [0.15, 0.2) is 12.3 Å². The molecule has 1 amide bonds. The van der Waals surface area contributed by atoms with Crippen LogP contribution in [0.4, 0.5) is 11.4 Å². The molecule has 0 bridgehead atoms. The maximum absolute atomic E-state index is 13.3. The first-order valence-electron chi connectivity index (χ1n) is 14.8. The average Bonchev–Trinajstić information content (AvgIpc) is 3.25. The van der Waals surface area contributed by atoms with E-state index in [9.17, 15) is 15.1 Å². The van der Waals surface area contributed by atoms with Gasteiger partial charge in [0, 0.05) is 36.2 Å². The minimum absolute atomic E-state index is 0.160. The molecular weight excluding hydrogens is 578 g/mol. The Morgan fingerprint density at radius 2 is 1.80 bits per heavy atom. The minimum atomic E-state index is -1.13. The van der Waals surface area contributed by atoms with E-state index in [1.807, 2.05) is 36.4 Å². The van der Waals surface area contributed by atoms with Crippen molar-refractivity contribution in [2.24, 2.45) is 0 Å². The zero-order chi connectivity index (χ0) is 30.9. The summed E-state index contributed by atoms with van der Waals surface area (Å²) in [5.41, 5.74) is 5.89. The van der Waals surface area contributed by atoms with Crippen LogP contribution in [-0.4, -0.2) is 37.4 Å². The normalized spacial score (nSPS) is 13.2. The number of aromatic nitrogens is 1. The molecule has 1 atom stereocenters. The van der Waals surface area contributed by atoms with Crippen LogP contribution in [0, 0.1) is 5.21 Å². The second-order valence-electron chi connectivity index (χ2n) is 10.6. The first-order chi connectivity index (χ1) is 21.4. The summed E-state index contributed by atoms with van der Waals surface area (Å²) < 4.78 is 11.9. The number of carbonyl (C=O) groups is 1. The summed E-state index contributed by atoms with van der Waals surface area (Å²) in [6, 6.07) is 24.0. The summed E-state index contributed by atoms with van der Waals surface area (Å²) in [5.74, 6) is 0.596. The Morgan fingerprint density at radius 1 is 1.02 bits per heavy atom. The fourth-order valence-corrected chi connectivity index (χ4v) is 5.07. The molecule has 3 aromatic carbocycles. The van der Waals surface area contributed by atoms with E-state index in [4.69, 9.17) is 21.1 Å². The van der Waals surface area contributed by atoms with Gasteiger partial charge in [0.25, 0.3) is 5.91 Å². The second kappa shape index (κ2) is 14.9. The summed E-state index contributed by atoms with van der Waals surface area (Å²) in [4.78, 5) is 13.3. The van der Waals surface area contributed by atoms with Gasteiger partial charge in [0.1, 0.15) is 17.4 Å². The Kier molecular flexibility index (Phi) is 10.5. The van der Waals surface area contributed by atoms with E-state index in [0.29, 0.717) is 47.7 Å². The summed E-state index contributed by atoms with van der Waals surface area (Å²) in [6.07, 6.45) is 4.73. The van der Waals surface area contributed by atoms with Gasteiger partial charge in [-0.3, -0.25) is 4.79 Å². The van der Waals surface area contributed by atoms with Crippen molar-refractivity contribution in [1.82, 2.24) is 0 Å². The van der Waals surface area contributed by atoms with Crippen LogP contribution in [0.2, 0.25) is 5.02 Å². The summed E-state index contributed by atoms with van der Waals surface area (Å²) in [7, 11) is 0. The molecule has 1 aromatic heterocycles. The molecule has 4 aromatic rings. The molecule has 0 spiro atoms. The van der Waals surface area contributed by atoms with Gasteiger partial charge in [0.2, 0.25) is 5.69 Å². The SMILES string of the molecule is CCCCOCCOc1ccc(-c2ccc3c(c2)C=C(C(=O)Nc2ccc(C(O)c4ccc(Cl)c[n+]4[O-])cc2)CCN3)cc1. The zero-order valence-electron chi connectivity index (χ0n) is 24.6. The van der Waals surface area contributed by atoms with Gasteiger partial charge < -0.3 is 30.4 Å². The molecule has 0 fully saturated rings. The number of hydrogen-bond donors (Lipinski definition) is 3. The van der Waals surface area contributed by atoms with Crippen molar-refractivity contribution in [1.29, 1.82) is 0 Å². The third-order valence-corrected chi connectivity index (χ3v) is 7.61. The maximum Gasteiger partial charge on any atom is 0.251 e. The Morgan fingerprint density at radius 3 is 2.55 bits per heavy atom. The molecule has 2 heterocycles. The highest BCUT2D eigenvalue weighted by atomic mass is 35.5. The number of halogens is 1. The smallest absolute Gasteiger partial charge is 0.251 e. The number of aliphatic hydroxyl groups excluding tert-OH is 1. The van der Waals surface area contributed by atoms with Gasteiger partial charge in [-0.25, -0.2) is 0 Å². The molecule has 9 heteroatoms. The Bertz CT molecular complexity index is 1610.